The molecule has 0 bridgehead atoms. The number of hydrogen-bond acceptors (Lipinski definition) is 4. The van der Waals surface area contributed by atoms with Gasteiger partial charge >= 0.3 is 0 Å². The van der Waals surface area contributed by atoms with Gasteiger partial charge in [0.15, 0.2) is 5.65 Å². The summed E-state index contributed by atoms with van der Waals surface area (Å²) in [5.74, 6) is 1.06. The van der Waals surface area contributed by atoms with Crippen molar-refractivity contribution in [2.45, 2.75) is 38.5 Å². The van der Waals surface area contributed by atoms with Crippen molar-refractivity contribution in [3.63, 3.8) is 0 Å². The van der Waals surface area contributed by atoms with Gasteiger partial charge in [-0.25, -0.2) is 9.97 Å². The lowest BCUT2D eigenvalue weighted by Gasteiger charge is -2.39. The third-order valence-corrected chi connectivity index (χ3v) is 5.13. The van der Waals surface area contributed by atoms with Crippen LogP contribution in [0.5, 0.6) is 0 Å². The van der Waals surface area contributed by atoms with Crippen molar-refractivity contribution in [3.05, 3.63) is 24.5 Å². The fourth-order valence-electron chi connectivity index (χ4n) is 3.86. The van der Waals surface area contributed by atoms with Crippen molar-refractivity contribution in [1.29, 1.82) is 0 Å². The van der Waals surface area contributed by atoms with Gasteiger partial charge in [-0.05, 0) is 43.2 Å². The van der Waals surface area contributed by atoms with Gasteiger partial charge < -0.3 is 4.90 Å². The van der Waals surface area contributed by atoms with E-state index >= 15 is 0 Å². The standard InChI is InChI=1S/C16H20N4/c1-2-6-16(5-1)7-11-20(12-8-16)14-4-3-13-15(19-14)18-10-9-17-13/h3-4,9-10H,1-2,5-8,11-12H2. The number of aromatic nitrogens is 3. The van der Waals surface area contributed by atoms with Gasteiger partial charge in [0.25, 0.3) is 0 Å². The topological polar surface area (TPSA) is 41.9 Å². The van der Waals surface area contributed by atoms with E-state index in [-0.39, 0.29) is 0 Å². The van der Waals surface area contributed by atoms with Crippen LogP contribution in [0.2, 0.25) is 0 Å². The molecule has 0 N–H and O–H groups in total. The highest BCUT2D eigenvalue weighted by Crippen LogP contribution is 2.46. The first kappa shape index (κ1) is 12.1. The van der Waals surface area contributed by atoms with Crippen molar-refractivity contribution < 1.29 is 0 Å². The maximum atomic E-state index is 4.67. The molecule has 1 saturated carbocycles. The van der Waals surface area contributed by atoms with Crippen LogP contribution in [-0.4, -0.2) is 28.0 Å². The van der Waals surface area contributed by atoms with Gasteiger partial charge in [-0.15, -0.1) is 0 Å². The molecule has 0 unspecified atom stereocenters. The maximum Gasteiger partial charge on any atom is 0.180 e. The second kappa shape index (κ2) is 4.69. The molecule has 0 radical (unpaired) electrons. The first-order valence-corrected chi connectivity index (χ1v) is 7.68. The number of rotatable bonds is 1. The predicted octanol–water partition coefficient (Wildman–Crippen LogP) is 3.19. The van der Waals surface area contributed by atoms with E-state index in [1.165, 1.54) is 38.5 Å². The molecule has 20 heavy (non-hydrogen) atoms. The SMILES string of the molecule is c1cnc2nc(N3CCC4(CCCC4)CC3)ccc2n1. The zero-order valence-corrected chi connectivity index (χ0v) is 11.8. The predicted molar refractivity (Wildman–Crippen MR) is 79.7 cm³/mol. The summed E-state index contributed by atoms with van der Waals surface area (Å²) in [5, 5.41) is 0. The molecule has 0 amide bonds. The molecule has 2 aromatic heterocycles. The molecule has 0 aromatic carbocycles. The molecular formula is C16H20N4. The van der Waals surface area contributed by atoms with Gasteiger partial charge in [-0.3, -0.25) is 4.98 Å². The first-order chi connectivity index (χ1) is 9.85. The van der Waals surface area contributed by atoms with Crippen LogP contribution in [-0.2, 0) is 0 Å². The first-order valence-electron chi connectivity index (χ1n) is 7.68. The number of pyridine rings is 1. The van der Waals surface area contributed by atoms with E-state index in [2.05, 4.69) is 25.9 Å². The third-order valence-electron chi connectivity index (χ3n) is 5.13. The van der Waals surface area contributed by atoms with Crippen LogP contribution in [0.1, 0.15) is 38.5 Å². The summed E-state index contributed by atoms with van der Waals surface area (Å²) in [6, 6.07) is 4.12. The van der Waals surface area contributed by atoms with Crippen molar-refractivity contribution in [1.82, 2.24) is 15.0 Å². The second-order valence-electron chi connectivity index (χ2n) is 6.26. The molecular weight excluding hydrogens is 248 g/mol. The van der Waals surface area contributed by atoms with Crippen molar-refractivity contribution in [3.8, 4) is 0 Å². The molecule has 1 aliphatic heterocycles. The van der Waals surface area contributed by atoms with Gasteiger partial charge in [0.2, 0.25) is 0 Å². The highest BCUT2D eigenvalue weighted by Gasteiger charge is 2.37. The van der Waals surface area contributed by atoms with Crippen LogP contribution >= 0.6 is 0 Å². The Balaban J connectivity index is 1.55. The van der Waals surface area contributed by atoms with Gasteiger partial charge in [0.1, 0.15) is 11.3 Å². The van der Waals surface area contributed by atoms with E-state index < -0.39 is 0 Å². The van der Waals surface area contributed by atoms with Crippen molar-refractivity contribution in [2.24, 2.45) is 5.41 Å². The molecule has 1 spiro atoms. The average molecular weight is 268 g/mol. The molecule has 4 nitrogen and oxygen atoms in total. The number of nitrogens with zero attached hydrogens (tertiary/aromatic N) is 4. The lowest BCUT2D eigenvalue weighted by Crippen LogP contribution is -2.39. The van der Waals surface area contributed by atoms with Crippen LogP contribution in [0.15, 0.2) is 24.5 Å². The number of hydrogen-bond donors (Lipinski definition) is 0. The molecule has 0 atom stereocenters. The summed E-state index contributed by atoms with van der Waals surface area (Å²) in [7, 11) is 0. The van der Waals surface area contributed by atoms with Crippen LogP contribution in [0.25, 0.3) is 11.2 Å². The summed E-state index contributed by atoms with van der Waals surface area (Å²) >= 11 is 0. The van der Waals surface area contributed by atoms with Gasteiger partial charge in [0, 0.05) is 25.5 Å². The Bertz CT molecular complexity index is 609. The summed E-state index contributed by atoms with van der Waals surface area (Å²) in [4.78, 5) is 15.7. The fraction of sp³-hybridized carbons (Fsp3) is 0.562. The Morgan fingerprint density at radius 2 is 1.65 bits per heavy atom. The Kier molecular flexibility index (Phi) is 2.83. The summed E-state index contributed by atoms with van der Waals surface area (Å²) in [5.41, 5.74) is 2.29. The second-order valence-corrected chi connectivity index (χ2v) is 6.26. The van der Waals surface area contributed by atoms with Gasteiger partial charge in [-0.2, -0.15) is 0 Å². The zero-order valence-electron chi connectivity index (χ0n) is 11.8. The summed E-state index contributed by atoms with van der Waals surface area (Å²) < 4.78 is 0. The third kappa shape index (κ3) is 2.03. The molecule has 104 valence electrons. The largest absolute Gasteiger partial charge is 0.357 e. The van der Waals surface area contributed by atoms with Crippen LogP contribution in [0.4, 0.5) is 5.82 Å². The van der Waals surface area contributed by atoms with Gasteiger partial charge in [-0.1, -0.05) is 12.8 Å². The highest BCUT2D eigenvalue weighted by atomic mass is 15.2. The lowest BCUT2D eigenvalue weighted by atomic mass is 9.77. The maximum absolute atomic E-state index is 4.67. The Morgan fingerprint density at radius 3 is 2.45 bits per heavy atom. The minimum atomic E-state index is 0.660. The molecule has 1 saturated heterocycles. The molecule has 2 aromatic rings. The number of anilines is 1. The highest BCUT2D eigenvalue weighted by molar-refractivity contribution is 5.71. The minimum absolute atomic E-state index is 0.660. The van der Waals surface area contributed by atoms with Crippen molar-refractivity contribution in [2.75, 3.05) is 18.0 Å². The van der Waals surface area contributed by atoms with E-state index in [4.69, 9.17) is 0 Å². The smallest absolute Gasteiger partial charge is 0.180 e. The van der Waals surface area contributed by atoms with Gasteiger partial charge in [0.05, 0.1) is 0 Å². The summed E-state index contributed by atoms with van der Waals surface area (Å²) in [6.45, 7) is 2.28. The summed E-state index contributed by atoms with van der Waals surface area (Å²) in [6.07, 6.45) is 11.8. The van der Waals surface area contributed by atoms with E-state index in [9.17, 15) is 0 Å². The van der Waals surface area contributed by atoms with Crippen molar-refractivity contribution >= 4 is 17.0 Å². The molecule has 4 rings (SSSR count). The fourth-order valence-corrected chi connectivity index (χ4v) is 3.86. The normalized spacial score (nSPS) is 21.7. The van der Waals surface area contributed by atoms with E-state index in [1.54, 1.807) is 12.4 Å². The molecule has 4 heteroatoms. The van der Waals surface area contributed by atoms with E-state index in [1.807, 2.05) is 6.07 Å². The number of piperidine rings is 1. The Labute approximate surface area is 119 Å². The Hall–Kier alpha value is -1.71. The van der Waals surface area contributed by atoms with Crippen LogP contribution in [0.3, 0.4) is 0 Å². The molecule has 1 aliphatic carbocycles. The quantitative estimate of drug-likeness (QED) is 0.796. The molecule has 2 aliphatic rings. The number of fused-ring (bicyclic) bond motifs is 1. The average Bonchev–Trinajstić information content (AvgIpc) is 2.96. The Morgan fingerprint density at radius 1 is 0.900 bits per heavy atom. The van der Waals surface area contributed by atoms with Crippen LogP contribution in [0, 0.1) is 5.41 Å². The molecule has 3 heterocycles. The minimum Gasteiger partial charge on any atom is -0.357 e. The lowest BCUT2D eigenvalue weighted by molar-refractivity contribution is 0.226. The van der Waals surface area contributed by atoms with Crippen LogP contribution < -0.4 is 4.90 Å². The monoisotopic (exact) mass is 268 g/mol. The van der Waals surface area contributed by atoms with E-state index in [0.29, 0.717) is 5.41 Å². The van der Waals surface area contributed by atoms with E-state index in [0.717, 1.165) is 30.1 Å². The molecule has 2 fully saturated rings. The zero-order chi connectivity index (χ0) is 13.4.